The van der Waals surface area contributed by atoms with E-state index < -0.39 is 18.5 Å². The molecule has 1 heterocycles. The largest absolute Gasteiger partial charge is 0.452 e. The van der Waals surface area contributed by atoms with Gasteiger partial charge in [-0.25, -0.2) is 4.79 Å². The van der Waals surface area contributed by atoms with Gasteiger partial charge in [0.1, 0.15) is 0 Å². The molecule has 0 saturated carbocycles. The molecule has 0 atom stereocenters. The number of nitrogens with zero attached hydrogens (tertiary/aromatic N) is 1. The summed E-state index contributed by atoms with van der Waals surface area (Å²) in [7, 11) is 0. The molecule has 29 heavy (non-hydrogen) atoms. The van der Waals surface area contributed by atoms with Crippen LogP contribution in [0.4, 0.5) is 5.69 Å². The molecule has 148 valence electrons. The Hall–Kier alpha value is -3.67. The van der Waals surface area contributed by atoms with Crippen molar-refractivity contribution in [2.45, 2.75) is 20.8 Å². The number of rotatable bonds is 6. The van der Waals surface area contributed by atoms with Gasteiger partial charge < -0.3 is 14.6 Å². The minimum atomic E-state index is -0.562. The van der Waals surface area contributed by atoms with Crippen LogP contribution in [-0.2, 0) is 9.53 Å². The number of carbonyl (C=O) groups is 3. The van der Waals surface area contributed by atoms with Crippen LogP contribution in [0.1, 0.15) is 39.0 Å². The normalized spacial score (nSPS) is 10.4. The number of ketones is 1. The van der Waals surface area contributed by atoms with Crippen molar-refractivity contribution in [1.82, 2.24) is 4.57 Å². The average molecular weight is 390 g/mol. The van der Waals surface area contributed by atoms with Gasteiger partial charge in [-0.1, -0.05) is 30.3 Å². The summed E-state index contributed by atoms with van der Waals surface area (Å²) in [6.45, 7) is 4.78. The van der Waals surface area contributed by atoms with Crippen LogP contribution >= 0.6 is 0 Å². The number of Topliss-reactive ketones (excluding diaryl/α,β-unsaturated/α-hetero) is 1. The van der Waals surface area contributed by atoms with Crippen molar-refractivity contribution in [1.29, 1.82) is 0 Å². The second-order valence-electron chi connectivity index (χ2n) is 6.72. The summed E-state index contributed by atoms with van der Waals surface area (Å²) in [6.07, 6.45) is 0. The Morgan fingerprint density at radius 2 is 1.69 bits per heavy atom. The summed E-state index contributed by atoms with van der Waals surface area (Å²) < 4.78 is 7.16. The first kappa shape index (κ1) is 20.1. The topological polar surface area (TPSA) is 77.4 Å². The molecular weight excluding hydrogens is 368 g/mol. The van der Waals surface area contributed by atoms with Crippen molar-refractivity contribution in [3.05, 3.63) is 83.2 Å². The molecule has 3 rings (SSSR count). The fourth-order valence-electron chi connectivity index (χ4n) is 3.17. The Kier molecular flexibility index (Phi) is 5.93. The number of nitrogens with one attached hydrogen (secondary N) is 1. The van der Waals surface area contributed by atoms with Crippen molar-refractivity contribution in [3.8, 4) is 5.69 Å². The van der Waals surface area contributed by atoms with Crippen LogP contribution < -0.4 is 5.32 Å². The van der Waals surface area contributed by atoms with Crippen LogP contribution in [0, 0.1) is 13.8 Å². The Morgan fingerprint density at radius 1 is 0.966 bits per heavy atom. The number of anilines is 1. The molecule has 0 aliphatic rings. The first-order chi connectivity index (χ1) is 13.9. The molecule has 2 aromatic carbocycles. The Bertz CT molecular complexity index is 1070. The Balaban J connectivity index is 1.66. The van der Waals surface area contributed by atoms with E-state index in [9.17, 15) is 14.4 Å². The fraction of sp³-hybridized carbons (Fsp3) is 0.174. The number of esters is 1. The highest BCUT2D eigenvalue weighted by molar-refractivity contribution is 5.98. The van der Waals surface area contributed by atoms with Gasteiger partial charge in [-0.05, 0) is 51.1 Å². The first-order valence-corrected chi connectivity index (χ1v) is 9.19. The van der Waals surface area contributed by atoms with Crippen molar-refractivity contribution >= 4 is 23.3 Å². The van der Waals surface area contributed by atoms with Crippen LogP contribution in [0.3, 0.4) is 0 Å². The van der Waals surface area contributed by atoms with Crippen LogP contribution in [0.15, 0.2) is 60.7 Å². The molecule has 6 heteroatoms. The number of benzene rings is 2. The number of aryl methyl sites for hydroxylation is 1. The number of aromatic nitrogens is 1. The van der Waals surface area contributed by atoms with Gasteiger partial charge in [-0.2, -0.15) is 0 Å². The van der Waals surface area contributed by atoms with Crippen LogP contribution in [0.5, 0.6) is 0 Å². The Labute approximate surface area is 169 Å². The molecule has 1 aromatic heterocycles. The fourth-order valence-corrected chi connectivity index (χ4v) is 3.17. The zero-order valence-corrected chi connectivity index (χ0v) is 16.6. The molecule has 0 aliphatic heterocycles. The monoisotopic (exact) mass is 390 g/mol. The predicted octanol–water partition coefficient (Wildman–Crippen LogP) is 4.09. The summed E-state index contributed by atoms with van der Waals surface area (Å²) in [4.78, 5) is 36.1. The van der Waals surface area contributed by atoms with E-state index >= 15 is 0 Å². The van der Waals surface area contributed by atoms with Gasteiger partial charge in [0, 0.05) is 28.3 Å². The zero-order valence-electron chi connectivity index (χ0n) is 16.6. The smallest absolute Gasteiger partial charge is 0.340 e. The molecule has 0 spiro atoms. The summed E-state index contributed by atoms with van der Waals surface area (Å²) in [5.74, 6) is -1.13. The third-order valence-corrected chi connectivity index (χ3v) is 4.55. The molecular formula is C23H22N2O4. The minimum Gasteiger partial charge on any atom is -0.452 e. The van der Waals surface area contributed by atoms with Crippen molar-refractivity contribution in [2.75, 3.05) is 11.9 Å². The lowest BCUT2D eigenvalue weighted by atomic mass is 10.1. The maximum Gasteiger partial charge on any atom is 0.340 e. The van der Waals surface area contributed by atoms with Crippen LogP contribution in [-0.4, -0.2) is 28.8 Å². The summed E-state index contributed by atoms with van der Waals surface area (Å²) in [5.41, 5.74) is 3.97. The van der Waals surface area contributed by atoms with E-state index in [1.165, 1.54) is 6.92 Å². The number of carbonyl (C=O) groups excluding carboxylic acids is 3. The van der Waals surface area contributed by atoms with Gasteiger partial charge >= 0.3 is 5.97 Å². The molecule has 1 N–H and O–H groups in total. The van der Waals surface area contributed by atoms with Crippen molar-refractivity contribution in [2.24, 2.45) is 0 Å². The van der Waals surface area contributed by atoms with E-state index in [0.717, 1.165) is 17.1 Å². The SMILES string of the molecule is CC(=O)c1cccc(NC(=O)COC(=O)c2cc(C)n(-c3ccccc3)c2C)c1. The molecule has 0 bridgehead atoms. The molecule has 3 aromatic rings. The standard InChI is InChI=1S/C23H22N2O4/c1-15-12-21(16(2)25(15)20-10-5-4-6-11-20)23(28)29-14-22(27)24-19-9-7-8-18(13-19)17(3)26/h4-13H,14H2,1-3H3,(H,24,27). The molecule has 0 fully saturated rings. The number of para-hydroxylation sites is 1. The van der Waals surface area contributed by atoms with E-state index in [-0.39, 0.29) is 5.78 Å². The molecule has 0 unspecified atom stereocenters. The first-order valence-electron chi connectivity index (χ1n) is 9.19. The highest BCUT2D eigenvalue weighted by Crippen LogP contribution is 2.21. The molecule has 0 saturated heterocycles. The quantitative estimate of drug-likeness (QED) is 0.508. The third-order valence-electron chi connectivity index (χ3n) is 4.55. The van der Waals surface area contributed by atoms with Gasteiger partial charge in [0.25, 0.3) is 5.91 Å². The van der Waals surface area contributed by atoms with Gasteiger partial charge in [-0.3, -0.25) is 9.59 Å². The highest BCUT2D eigenvalue weighted by atomic mass is 16.5. The maximum absolute atomic E-state index is 12.5. The number of amides is 1. The van der Waals surface area contributed by atoms with E-state index in [1.807, 2.05) is 48.7 Å². The Morgan fingerprint density at radius 3 is 2.38 bits per heavy atom. The van der Waals surface area contributed by atoms with Gasteiger partial charge in [0.2, 0.25) is 0 Å². The predicted molar refractivity (Wildman–Crippen MR) is 111 cm³/mol. The highest BCUT2D eigenvalue weighted by Gasteiger charge is 2.19. The lowest BCUT2D eigenvalue weighted by molar-refractivity contribution is -0.119. The second-order valence-corrected chi connectivity index (χ2v) is 6.72. The van der Waals surface area contributed by atoms with Gasteiger partial charge in [-0.15, -0.1) is 0 Å². The van der Waals surface area contributed by atoms with Crippen molar-refractivity contribution in [3.63, 3.8) is 0 Å². The molecule has 6 nitrogen and oxygen atoms in total. The van der Waals surface area contributed by atoms with E-state index in [2.05, 4.69) is 5.32 Å². The van der Waals surface area contributed by atoms with Gasteiger partial charge in [0.15, 0.2) is 12.4 Å². The minimum absolute atomic E-state index is 0.0960. The number of ether oxygens (including phenoxy) is 1. The molecule has 0 radical (unpaired) electrons. The van der Waals surface area contributed by atoms with E-state index in [4.69, 9.17) is 4.74 Å². The lowest BCUT2D eigenvalue weighted by Crippen LogP contribution is -2.21. The maximum atomic E-state index is 12.5. The van der Waals surface area contributed by atoms with Crippen LogP contribution in [0.2, 0.25) is 0 Å². The summed E-state index contributed by atoms with van der Waals surface area (Å²) in [6, 6.07) is 18.0. The van der Waals surface area contributed by atoms with Gasteiger partial charge in [0.05, 0.1) is 5.56 Å². The summed E-state index contributed by atoms with van der Waals surface area (Å²) in [5, 5.41) is 2.63. The number of hydrogen-bond donors (Lipinski definition) is 1. The van der Waals surface area contributed by atoms with E-state index in [1.54, 1.807) is 30.3 Å². The van der Waals surface area contributed by atoms with E-state index in [0.29, 0.717) is 16.8 Å². The number of hydrogen-bond acceptors (Lipinski definition) is 4. The summed E-state index contributed by atoms with van der Waals surface area (Å²) >= 11 is 0. The van der Waals surface area contributed by atoms with Crippen molar-refractivity contribution < 1.29 is 19.1 Å². The lowest BCUT2D eigenvalue weighted by Gasteiger charge is -2.10. The second kappa shape index (κ2) is 8.56. The van der Waals surface area contributed by atoms with Crippen LogP contribution in [0.25, 0.3) is 5.69 Å². The average Bonchev–Trinajstić information content (AvgIpc) is 3.01. The third kappa shape index (κ3) is 4.60. The molecule has 0 aliphatic carbocycles. The zero-order chi connectivity index (χ0) is 21.0. The molecule has 1 amide bonds.